The van der Waals surface area contributed by atoms with Crippen LogP contribution in [0.5, 0.6) is 0 Å². The summed E-state index contributed by atoms with van der Waals surface area (Å²) in [5, 5.41) is 0.562. The zero-order chi connectivity index (χ0) is 17.5. The summed E-state index contributed by atoms with van der Waals surface area (Å²) in [5.74, 6) is 0.109. The van der Waals surface area contributed by atoms with Gasteiger partial charge in [0.15, 0.2) is 15.0 Å². The van der Waals surface area contributed by atoms with Gasteiger partial charge in [-0.15, -0.1) is 0 Å². The average molecular weight is 431 g/mol. The molecule has 0 aromatic heterocycles. The van der Waals surface area contributed by atoms with Gasteiger partial charge in [-0.3, -0.25) is 4.79 Å². The van der Waals surface area contributed by atoms with Crippen LogP contribution < -0.4 is 4.90 Å². The number of amidine groups is 1. The zero-order valence-corrected chi connectivity index (χ0v) is 16.7. The van der Waals surface area contributed by atoms with Crippen molar-refractivity contribution >= 4 is 54.3 Å². The number of thioether (sulfide) groups is 1. The summed E-state index contributed by atoms with van der Waals surface area (Å²) in [5.41, 5.74) is 1.94. The lowest BCUT2D eigenvalue weighted by Gasteiger charge is -2.25. The van der Waals surface area contributed by atoms with Crippen LogP contribution in [-0.4, -0.2) is 42.3 Å². The van der Waals surface area contributed by atoms with Gasteiger partial charge in [0, 0.05) is 21.8 Å². The number of benzene rings is 1. The van der Waals surface area contributed by atoms with Gasteiger partial charge in [0.2, 0.25) is 5.91 Å². The highest BCUT2D eigenvalue weighted by atomic mass is 79.9. The number of carbonyl (C=O) groups excluding carboxylic acids is 1. The number of sulfone groups is 1. The standard InChI is InChI=1S/C16H19BrN2O3S2/c1-3-4-15(20)18-16-19(11-5-6-12(17)10(2)7-11)13-8-24(21,22)9-14(13)23-16/h5-7,13-14H,3-4,8-9H2,1-2H3/t13-,14+/m0/s1. The van der Waals surface area contributed by atoms with E-state index in [0.717, 1.165) is 22.1 Å². The fourth-order valence-corrected chi connectivity index (χ4v) is 7.20. The van der Waals surface area contributed by atoms with E-state index in [9.17, 15) is 13.2 Å². The fourth-order valence-electron chi connectivity index (χ4n) is 3.02. The first-order chi connectivity index (χ1) is 11.3. The Labute approximate surface area is 155 Å². The summed E-state index contributed by atoms with van der Waals surface area (Å²) in [6, 6.07) is 5.72. The molecule has 2 saturated heterocycles. The Morgan fingerprint density at radius 1 is 1.42 bits per heavy atom. The molecule has 24 heavy (non-hydrogen) atoms. The molecule has 8 heteroatoms. The predicted molar refractivity (Wildman–Crippen MR) is 103 cm³/mol. The summed E-state index contributed by atoms with van der Waals surface area (Å²) in [4.78, 5) is 18.2. The van der Waals surface area contributed by atoms with E-state index in [0.29, 0.717) is 11.6 Å². The van der Waals surface area contributed by atoms with E-state index >= 15 is 0 Å². The molecule has 5 nitrogen and oxygen atoms in total. The lowest BCUT2D eigenvalue weighted by atomic mass is 10.1. The van der Waals surface area contributed by atoms with Gasteiger partial charge < -0.3 is 4.90 Å². The SMILES string of the molecule is CCCC(=O)N=C1S[C@@H]2CS(=O)(=O)C[C@@H]2N1c1ccc(Br)c(C)c1. The Kier molecular flexibility index (Phi) is 5.09. The fraction of sp³-hybridized carbons (Fsp3) is 0.500. The van der Waals surface area contributed by atoms with Crippen LogP contribution >= 0.6 is 27.7 Å². The first-order valence-electron chi connectivity index (χ1n) is 7.84. The topological polar surface area (TPSA) is 66.8 Å². The maximum atomic E-state index is 12.0. The van der Waals surface area contributed by atoms with Crippen LogP contribution in [0.2, 0.25) is 0 Å². The van der Waals surface area contributed by atoms with Crippen LogP contribution in [0.4, 0.5) is 5.69 Å². The molecule has 2 heterocycles. The Bertz CT molecular complexity index is 808. The van der Waals surface area contributed by atoms with Gasteiger partial charge in [-0.1, -0.05) is 34.6 Å². The molecule has 130 valence electrons. The number of nitrogens with zero attached hydrogens (tertiary/aromatic N) is 2. The number of aliphatic imine (C=N–C) groups is 1. The van der Waals surface area contributed by atoms with Crippen LogP contribution in [0.1, 0.15) is 25.3 Å². The number of hydrogen-bond acceptors (Lipinski definition) is 4. The van der Waals surface area contributed by atoms with Crippen LogP contribution in [-0.2, 0) is 14.6 Å². The van der Waals surface area contributed by atoms with Gasteiger partial charge in [0.25, 0.3) is 0 Å². The average Bonchev–Trinajstić information content (AvgIpc) is 2.93. The molecule has 1 aromatic rings. The van der Waals surface area contributed by atoms with Crippen molar-refractivity contribution in [3.05, 3.63) is 28.2 Å². The summed E-state index contributed by atoms with van der Waals surface area (Å²) in [7, 11) is -3.04. The number of fused-ring (bicyclic) bond motifs is 1. The second kappa shape index (κ2) is 6.80. The van der Waals surface area contributed by atoms with E-state index in [2.05, 4.69) is 20.9 Å². The van der Waals surface area contributed by atoms with Gasteiger partial charge in [0.05, 0.1) is 17.5 Å². The third-order valence-electron chi connectivity index (χ3n) is 4.17. The second-order valence-corrected chi connectivity index (χ2v) is 10.4. The van der Waals surface area contributed by atoms with E-state index in [-0.39, 0.29) is 28.7 Å². The quantitative estimate of drug-likeness (QED) is 0.736. The molecule has 0 bridgehead atoms. The van der Waals surface area contributed by atoms with Crippen LogP contribution in [0.3, 0.4) is 0 Å². The van der Waals surface area contributed by atoms with Gasteiger partial charge in [-0.25, -0.2) is 8.42 Å². The van der Waals surface area contributed by atoms with Crippen LogP contribution in [0.25, 0.3) is 0 Å². The third-order valence-corrected chi connectivity index (χ3v) is 8.27. The molecular formula is C16H19BrN2O3S2. The smallest absolute Gasteiger partial charge is 0.248 e. The highest BCUT2D eigenvalue weighted by molar-refractivity contribution is 9.10. The minimum absolute atomic E-state index is 0.0628. The van der Waals surface area contributed by atoms with E-state index in [1.807, 2.05) is 36.9 Å². The molecular weight excluding hydrogens is 412 g/mol. The second-order valence-electron chi connectivity index (χ2n) is 6.14. The number of amides is 1. The van der Waals surface area contributed by atoms with Crippen molar-refractivity contribution in [3.8, 4) is 0 Å². The van der Waals surface area contributed by atoms with Crippen LogP contribution in [0.15, 0.2) is 27.7 Å². The molecule has 0 N–H and O–H groups in total. The predicted octanol–water partition coefficient (Wildman–Crippen LogP) is 3.16. The van der Waals surface area contributed by atoms with E-state index in [1.54, 1.807) is 0 Å². The van der Waals surface area contributed by atoms with E-state index < -0.39 is 9.84 Å². The molecule has 0 aliphatic carbocycles. The molecule has 0 unspecified atom stereocenters. The number of rotatable bonds is 3. The highest BCUT2D eigenvalue weighted by Crippen LogP contribution is 2.41. The summed E-state index contributed by atoms with van der Waals surface area (Å²) in [6.45, 7) is 3.93. The van der Waals surface area contributed by atoms with Crippen molar-refractivity contribution in [2.45, 2.75) is 38.0 Å². The molecule has 0 saturated carbocycles. The monoisotopic (exact) mass is 430 g/mol. The lowest BCUT2D eigenvalue weighted by molar-refractivity contribution is -0.117. The molecule has 2 aliphatic heterocycles. The largest absolute Gasteiger partial charge is 0.316 e. The van der Waals surface area contributed by atoms with Crippen molar-refractivity contribution in [3.63, 3.8) is 0 Å². The van der Waals surface area contributed by atoms with Crippen molar-refractivity contribution in [2.75, 3.05) is 16.4 Å². The van der Waals surface area contributed by atoms with Crippen molar-refractivity contribution < 1.29 is 13.2 Å². The zero-order valence-electron chi connectivity index (χ0n) is 13.5. The number of hydrogen-bond donors (Lipinski definition) is 0. The number of anilines is 1. The number of carbonyl (C=O) groups is 1. The highest BCUT2D eigenvalue weighted by Gasteiger charge is 2.49. The van der Waals surface area contributed by atoms with Gasteiger partial charge in [-0.05, 0) is 37.1 Å². The van der Waals surface area contributed by atoms with Crippen molar-refractivity contribution in [1.82, 2.24) is 0 Å². The van der Waals surface area contributed by atoms with E-state index in [4.69, 9.17) is 0 Å². The summed E-state index contributed by atoms with van der Waals surface area (Å²) < 4.78 is 25.0. The first-order valence-corrected chi connectivity index (χ1v) is 11.3. The van der Waals surface area contributed by atoms with Gasteiger partial charge in [-0.2, -0.15) is 4.99 Å². The minimum Gasteiger partial charge on any atom is -0.316 e. The number of aryl methyl sites for hydroxylation is 1. The molecule has 0 radical (unpaired) electrons. The molecule has 0 spiro atoms. The Morgan fingerprint density at radius 3 is 2.83 bits per heavy atom. The molecule has 2 fully saturated rings. The normalized spacial score (nSPS) is 26.8. The van der Waals surface area contributed by atoms with E-state index in [1.165, 1.54) is 11.8 Å². The third kappa shape index (κ3) is 3.55. The van der Waals surface area contributed by atoms with Crippen molar-refractivity contribution in [2.24, 2.45) is 4.99 Å². The maximum absolute atomic E-state index is 12.0. The molecule has 1 amide bonds. The Morgan fingerprint density at radius 2 is 2.17 bits per heavy atom. The lowest BCUT2D eigenvalue weighted by Crippen LogP contribution is -2.37. The Hall–Kier alpha value is -0.860. The number of halogens is 1. The Balaban J connectivity index is 2.01. The maximum Gasteiger partial charge on any atom is 0.248 e. The summed E-state index contributed by atoms with van der Waals surface area (Å²) >= 11 is 4.90. The minimum atomic E-state index is -3.04. The molecule has 2 aliphatic rings. The molecule has 2 atom stereocenters. The molecule has 1 aromatic carbocycles. The van der Waals surface area contributed by atoms with Gasteiger partial charge in [0.1, 0.15) is 0 Å². The molecule has 3 rings (SSSR count). The first kappa shape index (κ1) is 17.9. The van der Waals surface area contributed by atoms with Crippen molar-refractivity contribution in [1.29, 1.82) is 0 Å². The summed E-state index contributed by atoms with van der Waals surface area (Å²) in [6.07, 6.45) is 1.16. The van der Waals surface area contributed by atoms with Crippen LogP contribution in [0, 0.1) is 6.92 Å². The van der Waals surface area contributed by atoms with Gasteiger partial charge >= 0.3 is 0 Å².